The summed E-state index contributed by atoms with van der Waals surface area (Å²) in [6, 6.07) is 13.0. The van der Waals surface area contributed by atoms with Crippen molar-refractivity contribution in [2.24, 2.45) is 0 Å². The summed E-state index contributed by atoms with van der Waals surface area (Å²) >= 11 is 0. The minimum absolute atomic E-state index is 0.618. The molecule has 0 radical (unpaired) electrons. The fourth-order valence-corrected chi connectivity index (χ4v) is 2.22. The summed E-state index contributed by atoms with van der Waals surface area (Å²) in [6.07, 6.45) is -0.460. The minimum Gasteiger partial charge on any atom is -0.299 e. The first-order valence-electron chi connectivity index (χ1n) is 6.49. The molecule has 1 N–H and O–H groups in total. The van der Waals surface area contributed by atoms with Crippen molar-refractivity contribution >= 4 is 11.8 Å². The second kappa shape index (κ2) is 5.16. The Labute approximate surface area is 120 Å². The third-order valence-electron chi connectivity index (χ3n) is 3.31. The van der Waals surface area contributed by atoms with Gasteiger partial charge in [0, 0.05) is 6.20 Å². The minimum atomic E-state index is -4.30. The monoisotopic (exact) mass is 290 g/mol. The van der Waals surface area contributed by atoms with Gasteiger partial charge in [-0.2, -0.15) is 13.2 Å². The van der Waals surface area contributed by atoms with Crippen LogP contribution >= 0.6 is 0 Å². The maximum absolute atomic E-state index is 12.5. The predicted octanol–water partition coefficient (Wildman–Crippen LogP) is 4.52. The van der Waals surface area contributed by atoms with Gasteiger partial charge in [-0.05, 0) is 41.5 Å². The molecule has 0 amide bonds. The number of anilines is 1. The molecule has 1 aliphatic heterocycles. The number of benzene rings is 2. The van der Waals surface area contributed by atoms with Gasteiger partial charge < -0.3 is 0 Å². The van der Waals surface area contributed by atoms with E-state index in [1.54, 1.807) is 0 Å². The van der Waals surface area contributed by atoms with E-state index in [4.69, 9.17) is 0 Å². The van der Waals surface area contributed by atoms with Crippen molar-refractivity contribution in [3.8, 4) is 0 Å². The molecule has 2 nitrogen and oxygen atoms in total. The van der Waals surface area contributed by atoms with Crippen LogP contribution in [0.25, 0.3) is 6.08 Å². The number of hydrogen-bond donors (Lipinski definition) is 1. The van der Waals surface area contributed by atoms with Crippen LogP contribution in [-0.2, 0) is 12.7 Å². The smallest absolute Gasteiger partial charge is 0.299 e. The van der Waals surface area contributed by atoms with Crippen molar-refractivity contribution in [3.05, 3.63) is 71.4 Å². The van der Waals surface area contributed by atoms with Crippen LogP contribution in [0.2, 0.25) is 0 Å². The zero-order valence-corrected chi connectivity index (χ0v) is 11.1. The van der Waals surface area contributed by atoms with E-state index in [1.165, 1.54) is 17.7 Å². The molecule has 2 aromatic rings. The average Bonchev–Trinajstić information content (AvgIpc) is 2.47. The molecular weight excluding hydrogens is 277 g/mol. The van der Waals surface area contributed by atoms with Gasteiger partial charge in [0.25, 0.3) is 0 Å². The summed E-state index contributed by atoms with van der Waals surface area (Å²) in [4.78, 5) is 0. The van der Waals surface area contributed by atoms with Gasteiger partial charge in [0.05, 0.1) is 17.8 Å². The Morgan fingerprint density at radius 3 is 2.38 bits per heavy atom. The first kappa shape index (κ1) is 13.5. The van der Waals surface area contributed by atoms with Gasteiger partial charge in [0.2, 0.25) is 0 Å². The van der Waals surface area contributed by atoms with Crippen molar-refractivity contribution in [2.75, 3.05) is 5.43 Å². The van der Waals surface area contributed by atoms with E-state index in [0.29, 0.717) is 12.2 Å². The lowest BCUT2D eigenvalue weighted by molar-refractivity contribution is -0.137. The van der Waals surface area contributed by atoms with E-state index >= 15 is 0 Å². The number of nitrogens with one attached hydrogen (secondary N) is 1. The average molecular weight is 290 g/mol. The fraction of sp³-hybridized carbons (Fsp3) is 0.125. The first-order chi connectivity index (χ1) is 10.0. The standard InChI is InChI=1S/C16H13F3N2/c17-16(18,19)14-5-7-15(8-6-14)20-21-10-9-12-3-1-2-4-13(12)11-21/h1-10,20H,11H2. The predicted molar refractivity (Wildman–Crippen MR) is 76.1 cm³/mol. The fourth-order valence-electron chi connectivity index (χ4n) is 2.22. The van der Waals surface area contributed by atoms with Crippen molar-refractivity contribution < 1.29 is 13.2 Å². The molecule has 0 aliphatic carbocycles. The Hall–Kier alpha value is -2.43. The van der Waals surface area contributed by atoms with Gasteiger partial charge in [-0.15, -0.1) is 0 Å². The van der Waals surface area contributed by atoms with Gasteiger partial charge in [-0.25, -0.2) is 0 Å². The maximum Gasteiger partial charge on any atom is 0.416 e. The molecule has 0 saturated carbocycles. The zero-order valence-electron chi connectivity index (χ0n) is 11.1. The molecule has 0 spiro atoms. The molecule has 3 rings (SSSR count). The van der Waals surface area contributed by atoms with Crippen LogP contribution in [-0.4, -0.2) is 5.01 Å². The lowest BCUT2D eigenvalue weighted by Crippen LogP contribution is -2.26. The summed E-state index contributed by atoms with van der Waals surface area (Å²) in [5, 5.41) is 1.84. The quantitative estimate of drug-likeness (QED) is 0.875. The highest BCUT2D eigenvalue weighted by Crippen LogP contribution is 2.30. The van der Waals surface area contributed by atoms with Crippen LogP contribution in [0.4, 0.5) is 18.9 Å². The number of hydrogen-bond acceptors (Lipinski definition) is 2. The lowest BCUT2D eigenvalue weighted by atomic mass is 10.1. The highest BCUT2D eigenvalue weighted by molar-refractivity contribution is 5.56. The Balaban J connectivity index is 1.71. The second-order valence-electron chi connectivity index (χ2n) is 4.83. The molecule has 0 unspecified atom stereocenters. The van der Waals surface area contributed by atoms with Gasteiger partial charge in [0.15, 0.2) is 0 Å². The van der Waals surface area contributed by atoms with Crippen molar-refractivity contribution in [1.82, 2.24) is 5.01 Å². The van der Waals surface area contributed by atoms with Crippen molar-refractivity contribution in [2.45, 2.75) is 12.7 Å². The van der Waals surface area contributed by atoms with Crippen LogP contribution in [0.15, 0.2) is 54.7 Å². The van der Waals surface area contributed by atoms with Gasteiger partial charge >= 0.3 is 6.18 Å². The first-order valence-corrected chi connectivity index (χ1v) is 6.49. The van der Waals surface area contributed by atoms with Crippen LogP contribution in [0.1, 0.15) is 16.7 Å². The molecule has 1 heterocycles. The SMILES string of the molecule is FC(F)(F)c1ccc(NN2C=Cc3ccccc3C2)cc1. The molecule has 0 fully saturated rings. The van der Waals surface area contributed by atoms with Crippen LogP contribution < -0.4 is 5.43 Å². The zero-order chi connectivity index (χ0) is 14.9. The van der Waals surface area contributed by atoms with Crippen molar-refractivity contribution in [3.63, 3.8) is 0 Å². The van der Waals surface area contributed by atoms with Crippen molar-refractivity contribution in [1.29, 1.82) is 0 Å². The summed E-state index contributed by atoms with van der Waals surface area (Å²) in [5.74, 6) is 0. The van der Waals surface area contributed by atoms with E-state index in [1.807, 2.05) is 41.6 Å². The Kier molecular flexibility index (Phi) is 3.33. The molecule has 108 valence electrons. The molecule has 0 atom stereocenters. The molecule has 0 aromatic heterocycles. The number of alkyl halides is 3. The third-order valence-corrected chi connectivity index (χ3v) is 3.31. The van der Waals surface area contributed by atoms with E-state index in [0.717, 1.165) is 17.7 Å². The Morgan fingerprint density at radius 2 is 1.67 bits per heavy atom. The number of hydrazine groups is 1. The third kappa shape index (κ3) is 3.02. The normalized spacial score (nSPS) is 14.0. The molecule has 0 saturated heterocycles. The van der Waals surface area contributed by atoms with Gasteiger partial charge in [-0.3, -0.25) is 10.4 Å². The molecule has 5 heteroatoms. The summed E-state index contributed by atoms with van der Waals surface area (Å²) in [6.45, 7) is 0.660. The summed E-state index contributed by atoms with van der Waals surface area (Å²) in [5.41, 5.74) is 5.37. The molecule has 1 aliphatic rings. The highest BCUT2D eigenvalue weighted by Gasteiger charge is 2.29. The number of fused-ring (bicyclic) bond motifs is 1. The van der Waals surface area contributed by atoms with Gasteiger partial charge in [0.1, 0.15) is 0 Å². The molecule has 0 bridgehead atoms. The maximum atomic E-state index is 12.5. The molecular formula is C16H13F3N2. The number of rotatable bonds is 2. The Bertz CT molecular complexity index is 660. The van der Waals surface area contributed by atoms with Crippen LogP contribution in [0.3, 0.4) is 0 Å². The Morgan fingerprint density at radius 1 is 0.952 bits per heavy atom. The summed E-state index contributed by atoms with van der Waals surface area (Å²) < 4.78 is 37.5. The molecule has 2 aromatic carbocycles. The molecule has 21 heavy (non-hydrogen) atoms. The van der Waals surface area contributed by atoms with E-state index in [2.05, 4.69) is 5.43 Å². The highest BCUT2D eigenvalue weighted by atomic mass is 19.4. The largest absolute Gasteiger partial charge is 0.416 e. The second-order valence-corrected chi connectivity index (χ2v) is 4.83. The number of nitrogens with zero attached hydrogens (tertiary/aromatic N) is 1. The topological polar surface area (TPSA) is 15.3 Å². The van der Waals surface area contributed by atoms with E-state index in [9.17, 15) is 13.2 Å². The van der Waals surface area contributed by atoms with Crippen LogP contribution in [0, 0.1) is 0 Å². The van der Waals surface area contributed by atoms with E-state index in [-0.39, 0.29) is 0 Å². The van der Waals surface area contributed by atoms with Gasteiger partial charge in [-0.1, -0.05) is 24.3 Å². The van der Waals surface area contributed by atoms with E-state index < -0.39 is 11.7 Å². The van der Waals surface area contributed by atoms with Crippen LogP contribution in [0.5, 0.6) is 0 Å². The number of halogens is 3. The summed E-state index contributed by atoms with van der Waals surface area (Å²) in [7, 11) is 0. The lowest BCUT2D eigenvalue weighted by Gasteiger charge is -2.26.